The average molecular weight is 453 g/mol. The van der Waals surface area contributed by atoms with E-state index in [4.69, 9.17) is 21.1 Å². The Kier molecular flexibility index (Phi) is 10.1. The van der Waals surface area contributed by atoms with E-state index in [1.165, 1.54) is 0 Å². The van der Waals surface area contributed by atoms with Crippen LogP contribution in [0.15, 0.2) is 24.3 Å². The van der Waals surface area contributed by atoms with Gasteiger partial charge in [0.25, 0.3) is 5.91 Å². The van der Waals surface area contributed by atoms with E-state index in [1.807, 2.05) is 13.8 Å². The summed E-state index contributed by atoms with van der Waals surface area (Å²) in [4.78, 5) is 40.8. The zero-order chi connectivity index (χ0) is 22.8. The van der Waals surface area contributed by atoms with Crippen molar-refractivity contribution in [2.75, 3.05) is 32.8 Å². The largest absolute Gasteiger partial charge is 0.484 e. The molecule has 1 unspecified atom stereocenters. The third-order valence-corrected chi connectivity index (χ3v) is 5.91. The highest BCUT2D eigenvalue weighted by molar-refractivity contribution is 6.30. The highest BCUT2D eigenvalue weighted by Gasteiger charge is 2.29. The van der Waals surface area contributed by atoms with Gasteiger partial charge in [0.05, 0.1) is 12.5 Å². The first-order valence-electron chi connectivity index (χ1n) is 11.0. The molecule has 1 aromatic rings. The quantitative estimate of drug-likeness (QED) is 0.507. The SMILES string of the molecule is CCOC(=O)C1CCN(C(=O)CCN(C(=O)COc2ccc(Cl)cc2)C(C)CC)CC1. The van der Waals surface area contributed by atoms with Crippen molar-refractivity contribution in [3.63, 3.8) is 0 Å². The van der Waals surface area contributed by atoms with Crippen molar-refractivity contribution in [3.8, 4) is 5.75 Å². The maximum absolute atomic E-state index is 12.8. The number of esters is 1. The van der Waals surface area contributed by atoms with E-state index >= 15 is 0 Å². The summed E-state index contributed by atoms with van der Waals surface area (Å²) in [5.41, 5.74) is 0. The van der Waals surface area contributed by atoms with Crippen molar-refractivity contribution in [2.45, 2.75) is 52.5 Å². The molecule has 1 aliphatic rings. The summed E-state index contributed by atoms with van der Waals surface area (Å²) in [7, 11) is 0. The van der Waals surface area contributed by atoms with E-state index in [1.54, 1.807) is 41.0 Å². The predicted molar refractivity (Wildman–Crippen MR) is 119 cm³/mol. The zero-order valence-corrected chi connectivity index (χ0v) is 19.4. The third-order valence-electron chi connectivity index (χ3n) is 5.65. The minimum atomic E-state index is -0.177. The van der Waals surface area contributed by atoms with Gasteiger partial charge in [-0.1, -0.05) is 18.5 Å². The van der Waals surface area contributed by atoms with E-state index in [9.17, 15) is 14.4 Å². The lowest BCUT2D eigenvalue weighted by molar-refractivity contribution is -0.151. The number of amides is 2. The molecule has 0 aliphatic carbocycles. The lowest BCUT2D eigenvalue weighted by Crippen LogP contribution is -2.45. The summed E-state index contributed by atoms with van der Waals surface area (Å²) in [5.74, 6) is 0.110. The molecular weight excluding hydrogens is 420 g/mol. The lowest BCUT2D eigenvalue weighted by Gasteiger charge is -2.33. The highest BCUT2D eigenvalue weighted by atomic mass is 35.5. The summed E-state index contributed by atoms with van der Waals surface area (Å²) in [6.45, 7) is 7.47. The van der Waals surface area contributed by atoms with Gasteiger partial charge in [-0.05, 0) is 57.4 Å². The van der Waals surface area contributed by atoms with Gasteiger partial charge < -0.3 is 19.3 Å². The number of halogens is 1. The van der Waals surface area contributed by atoms with Crippen molar-refractivity contribution >= 4 is 29.4 Å². The van der Waals surface area contributed by atoms with Crippen LogP contribution >= 0.6 is 11.6 Å². The van der Waals surface area contributed by atoms with Gasteiger partial charge in [-0.15, -0.1) is 0 Å². The summed E-state index contributed by atoms with van der Waals surface area (Å²) in [5, 5.41) is 0.602. The van der Waals surface area contributed by atoms with Crippen LogP contribution in [-0.2, 0) is 19.1 Å². The molecule has 8 heteroatoms. The molecule has 7 nitrogen and oxygen atoms in total. The first-order chi connectivity index (χ1) is 14.8. The number of carbonyl (C=O) groups is 3. The van der Waals surface area contributed by atoms with Crippen LogP contribution in [0.4, 0.5) is 0 Å². The third kappa shape index (κ3) is 7.73. The topological polar surface area (TPSA) is 76.2 Å². The predicted octanol–water partition coefficient (Wildman–Crippen LogP) is 3.54. The first kappa shape index (κ1) is 25.0. The number of rotatable bonds is 10. The van der Waals surface area contributed by atoms with Crippen LogP contribution in [0, 0.1) is 5.92 Å². The van der Waals surface area contributed by atoms with Gasteiger partial charge in [-0.25, -0.2) is 0 Å². The molecule has 0 saturated carbocycles. The molecule has 1 atom stereocenters. The molecule has 1 saturated heterocycles. The average Bonchev–Trinajstić information content (AvgIpc) is 2.78. The lowest BCUT2D eigenvalue weighted by atomic mass is 9.97. The Bertz CT molecular complexity index is 732. The second kappa shape index (κ2) is 12.5. The minimum absolute atomic E-state index is 0.00188. The fraction of sp³-hybridized carbons (Fsp3) is 0.609. The molecule has 0 bridgehead atoms. The molecule has 2 amide bonds. The minimum Gasteiger partial charge on any atom is -0.484 e. The summed E-state index contributed by atoms with van der Waals surface area (Å²) in [6.07, 6.45) is 2.27. The molecule has 0 aromatic heterocycles. The number of benzene rings is 1. The van der Waals surface area contributed by atoms with Gasteiger partial charge in [0, 0.05) is 37.1 Å². The number of nitrogens with zero attached hydrogens (tertiary/aromatic N) is 2. The number of carbonyl (C=O) groups excluding carboxylic acids is 3. The number of hydrogen-bond acceptors (Lipinski definition) is 5. The van der Waals surface area contributed by atoms with Gasteiger partial charge in [-0.2, -0.15) is 0 Å². The molecule has 2 rings (SSSR count). The fourth-order valence-corrected chi connectivity index (χ4v) is 3.69. The van der Waals surface area contributed by atoms with Gasteiger partial charge >= 0.3 is 5.97 Å². The van der Waals surface area contributed by atoms with Crippen molar-refractivity contribution in [1.29, 1.82) is 0 Å². The van der Waals surface area contributed by atoms with Crippen LogP contribution in [0.3, 0.4) is 0 Å². The highest BCUT2D eigenvalue weighted by Crippen LogP contribution is 2.20. The van der Waals surface area contributed by atoms with Gasteiger partial charge in [0.15, 0.2) is 6.61 Å². The van der Waals surface area contributed by atoms with Gasteiger partial charge in [0.2, 0.25) is 5.91 Å². The maximum atomic E-state index is 12.8. The smallest absolute Gasteiger partial charge is 0.309 e. The molecule has 31 heavy (non-hydrogen) atoms. The molecule has 0 radical (unpaired) electrons. The fourth-order valence-electron chi connectivity index (χ4n) is 3.57. The van der Waals surface area contributed by atoms with E-state index in [2.05, 4.69) is 0 Å². The van der Waals surface area contributed by atoms with E-state index in [0.717, 1.165) is 6.42 Å². The number of ether oxygens (including phenoxy) is 2. The van der Waals surface area contributed by atoms with Crippen LogP contribution in [0.5, 0.6) is 5.75 Å². The molecular formula is C23H33ClN2O5. The Morgan fingerprint density at radius 2 is 1.81 bits per heavy atom. The Morgan fingerprint density at radius 3 is 2.39 bits per heavy atom. The summed E-state index contributed by atoms with van der Waals surface area (Å²) < 4.78 is 10.7. The standard InChI is InChI=1S/C23H33ClN2O5/c1-4-17(3)26(22(28)16-31-20-8-6-19(24)7-9-20)15-12-21(27)25-13-10-18(11-14-25)23(29)30-5-2/h6-9,17-18H,4-5,10-16H2,1-3H3. The van der Waals surface area contributed by atoms with E-state index < -0.39 is 0 Å². The van der Waals surface area contributed by atoms with Crippen LogP contribution in [0.25, 0.3) is 0 Å². The molecule has 1 heterocycles. The van der Waals surface area contributed by atoms with Crippen LogP contribution in [-0.4, -0.2) is 66.5 Å². The second-order valence-electron chi connectivity index (χ2n) is 7.74. The van der Waals surface area contributed by atoms with Crippen molar-refractivity contribution in [3.05, 3.63) is 29.3 Å². The monoisotopic (exact) mass is 452 g/mol. The Morgan fingerprint density at radius 1 is 1.16 bits per heavy atom. The van der Waals surface area contributed by atoms with Crippen molar-refractivity contribution in [1.82, 2.24) is 9.80 Å². The molecule has 1 fully saturated rings. The Balaban J connectivity index is 1.83. The second-order valence-corrected chi connectivity index (χ2v) is 8.18. The zero-order valence-electron chi connectivity index (χ0n) is 18.6. The summed E-state index contributed by atoms with van der Waals surface area (Å²) >= 11 is 5.87. The molecule has 0 N–H and O–H groups in total. The first-order valence-corrected chi connectivity index (χ1v) is 11.4. The Labute approximate surface area is 189 Å². The number of likely N-dealkylation sites (tertiary alicyclic amines) is 1. The van der Waals surface area contributed by atoms with Gasteiger partial charge in [0.1, 0.15) is 5.75 Å². The van der Waals surface area contributed by atoms with Crippen molar-refractivity contribution < 1.29 is 23.9 Å². The summed E-state index contributed by atoms with van der Waals surface area (Å²) in [6, 6.07) is 6.85. The molecule has 1 aromatic carbocycles. The van der Waals surface area contributed by atoms with Crippen LogP contribution in [0.1, 0.15) is 46.5 Å². The molecule has 0 spiro atoms. The normalized spacial score (nSPS) is 15.3. The van der Waals surface area contributed by atoms with Crippen molar-refractivity contribution in [2.24, 2.45) is 5.92 Å². The Hall–Kier alpha value is -2.28. The van der Waals surface area contributed by atoms with E-state index in [0.29, 0.717) is 49.9 Å². The molecule has 172 valence electrons. The molecule has 1 aliphatic heterocycles. The van der Waals surface area contributed by atoms with Crippen LogP contribution in [0.2, 0.25) is 5.02 Å². The van der Waals surface area contributed by atoms with E-state index in [-0.39, 0.29) is 42.8 Å². The number of piperidine rings is 1. The maximum Gasteiger partial charge on any atom is 0.309 e. The van der Waals surface area contributed by atoms with Gasteiger partial charge in [-0.3, -0.25) is 14.4 Å². The van der Waals surface area contributed by atoms with Crippen LogP contribution < -0.4 is 4.74 Å². The number of hydrogen-bond donors (Lipinski definition) is 0.